The number of carbonyl (C=O) groups excluding carboxylic acids is 3. The smallest absolute Gasteiger partial charge is 0.270 e. The Bertz CT molecular complexity index is 1460. The summed E-state index contributed by atoms with van der Waals surface area (Å²) in [5.41, 5.74) is 13.7. The summed E-state index contributed by atoms with van der Waals surface area (Å²) in [6.45, 7) is 0.144. The predicted octanol–water partition coefficient (Wildman–Crippen LogP) is 4.14. The first-order valence-corrected chi connectivity index (χ1v) is 13.5. The summed E-state index contributed by atoms with van der Waals surface area (Å²) < 4.78 is 4.02. The maximum atomic E-state index is 14.1. The van der Waals surface area contributed by atoms with E-state index >= 15 is 0 Å². The van der Waals surface area contributed by atoms with Crippen molar-refractivity contribution in [3.8, 4) is 0 Å². The summed E-state index contributed by atoms with van der Waals surface area (Å²) in [6, 6.07) is 16.2. The third kappa shape index (κ3) is 5.12. The summed E-state index contributed by atoms with van der Waals surface area (Å²) in [7, 11) is 0. The molecule has 3 amide bonds. The van der Waals surface area contributed by atoms with Crippen molar-refractivity contribution in [2.75, 3.05) is 5.73 Å². The molecule has 2 aromatic heterocycles. The van der Waals surface area contributed by atoms with E-state index in [-0.39, 0.29) is 34.8 Å². The quantitative estimate of drug-likeness (QED) is 0.270. The fourth-order valence-corrected chi connectivity index (χ4v) is 5.88. The molecule has 196 valence electrons. The first kappa shape index (κ1) is 25.5. The van der Waals surface area contributed by atoms with Gasteiger partial charge in [0.1, 0.15) is 10.9 Å². The molecule has 0 radical (unpaired) electrons. The standard InChI is InChI=1S/C28H30N6O3S/c29-22-23(26(30)35)33-38-25(22)28(37)34(16-17-9-3-1-4-10-17)24(27(36)32-18-11-5-2-6-12-18)20-15-31-21-14-8-7-13-19(20)21/h1,3-4,7-10,13-15,18,24,31H,2,5-6,11-12,16,29H2,(H2,30,35)(H,32,36)/t24-/m0/s1. The van der Waals surface area contributed by atoms with E-state index in [0.717, 1.165) is 60.1 Å². The van der Waals surface area contributed by atoms with Crippen LogP contribution in [0, 0.1) is 0 Å². The maximum Gasteiger partial charge on any atom is 0.270 e. The Morgan fingerprint density at radius 3 is 2.47 bits per heavy atom. The molecule has 38 heavy (non-hydrogen) atoms. The number of rotatable bonds is 8. The number of anilines is 1. The zero-order valence-electron chi connectivity index (χ0n) is 20.9. The fourth-order valence-electron chi connectivity index (χ4n) is 5.12. The number of aromatic nitrogens is 2. The fraction of sp³-hybridized carbons (Fsp3) is 0.286. The van der Waals surface area contributed by atoms with Crippen LogP contribution in [0.2, 0.25) is 0 Å². The zero-order valence-corrected chi connectivity index (χ0v) is 21.7. The van der Waals surface area contributed by atoms with Crippen molar-refractivity contribution in [1.29, 1.82) is 0 Å². The number of H-pyrrole nitrogens is 1. The van der Waals surface area contributed by atoms with Crippen LogP contribution in [-0.4, -0.2) is 38.0 Å². The van der Waals surface area contributed by atoms with Crippen molar-refractivity contribution in [2.24, 2.45) is 5.73 Å². The Hall–Kier alpha value is -4.18. The van der Waals surface area contributed by atoms with E-state index < -0.39 is 17.9 Å². The summed E-state index contributed by atoms with van der Waals surface area (Å²) in [5.74, 6) is -1.56. The lowest BCUT2D eigenvalue weighted by atomic mass is 9.94. The molecule has 6 N–H and O–H groups in total. The van der Waals surface area contributed by atoms with E-state index in [1.54, 1.807) is 6.20 Å². The topological polar surface area (TPSA) is 147 Å². The number of fused-ring (bicyclic) bond motifs is 1. The van der Waals surface area contributed by atoms with Crippen LogP contribution >= 0.6 is 11.5 Å². The molecule has 1 atom stereocenters. The van der Waals surface area contributed by atoms with Gasteiger partial charge in [-0.1, -0.05) is 67.8 Å². The van der Waals surface area contributed by atoms with Gasteiger partial charge in [-0.25, -0.2) is 0 Å². The van der Waals surface area contributed by atoms with Gasteiger partial charge in [-0.3, -0.25) is 14.4 Å². The number of amides is 3. The van der Waals surface area contributed by atoms with Crippen LogP contribution in [0.4, 0.5) is 5.69 Å². The van der Waals surface area contributed by atoms with Crippen LogP contribution in [0.3, 0.4) is 0 Å². The molecule has 0 saturated heterocycles. The molecule has 0 bridgehead atoms. The molecule has 2 heterocycles. The highest BCUT2D eigenvalue weighted by Crippen LogP contribution is 2.34. The van der Waals surface area contributed by atoms with Crippen molar-refractivity contribution in [3.05, 3.63) is 82.5 Å². The number of nitrogen functional groups attached to an aromatic ring is 1. The Kier molecular flexibility index (Phi) is 7.41. The molecule has 0 aliphatic heterocycles. The summed E-state index contributed by atoms with van der Waals surface area (Å²) in [6.07, 6.45) is 6.87. The third-order valence-corrected chi connectivity index (χ3v) is 7.89. The second-order valence-electron chi connectivity index (χ2n) is 9.59. The number of para-hydroxylation sites is 1. The maximum absolute atomic E-state index is 14.1. The van der Waals surface area contributed by atoms with Gasteiger partial charge < -0.3 is 26.7 Å². The normalized spacial score (nSPS) is 14.7. The highest BCUT2D eigenvalue weighted by molar-refractivity contribution is 7.09. The zero-order chi connectivity index (χ0) is 26.6. The number of carbonyl (C=O) groups is 3. The molecule has 1 saturated carbocycles. The second-order valence-corrected chi connectivity index (χ2v) is 10.4. The Balaban J connectivity index is 1.62. The second kappa shape index (κ2) is 11.1. The average molecular weight is 531 g/mol. The van der Waals surface area contributed by atoms with Crippen molar-refractivity contribution >= 4 is 45.8 Å². The summed E-state index contributed by atoms with van der Waals surface area (Å²) in [5, 5.41) is 4.06. The van der Waals surface area contributed by atoms with Crippen LogP contribution < -0.4 is 16.8 Å². The molecule has 5 rings (SSSR count). The first-order chi connectivity index (χ1) is 18.4. The molecule has 0 unspecified atom stereocenters. The molecule has 1 fully saturated rings. The first-order valence-electron chi connectivity index (χ1n) is 12.7. The Labute approximate surface area is 224 Å². The minimum atomic E-state index is -0.959. The summed E-state index contributed by atoms with van der Waals surface area (Å²) in [4.78, 5) is 44.9. The molecule has 2 aromatic carbocycles. The number of hydrogen-bond donors (Lipinski definition) is 4. The lowest BCUT2D eigenvalue weighted by Crippen LogP contribution is -2.46. The number of primary amides is 1. The van der Waals surface area contributed by atoms with Gasteiger partial charge >= 0.3 is 0 Å². The molecule has 1 aliphatic rings. The lowest BCUT2D eigenvalue weighted by Gasteiger charge is -2.33. The van der Waals surface area contributed by atoms with Gasteiger partial charge in [0.05, 0.1) is 5.69 Å². The average Bonchev–Trinajstić information content (AvgIpc) is 3.53. The number of nitrogens with zero attached hydrogens (tertiary/aromatic N) is 2. The van der Waals surface area contributed by atoms with Crippen molar-refractivity contribution < 1.29 is 14.4 Å². The highest BCUT2D eigenvalue weighted by atomic mass is 32.1. The van der Waals surface area contributed by atoms with Crippen LogP contribution in [0.25, 0.3) is 10.9 Å². The SMILES string of the molecule is NC(=O)c1nsc(C(=O)N(Cc2ccccc2)[C@H](C(=O)NC2CCCCC2)c2c[nH]c3ccccc23)c1N. The van der Waals surface area contributed by atoms with Crippen molar-refractivity contribution in [2.45, 2.75) is 50.7 Å². The number of benzene rings is 2. The number of nitrogens with two attached hydrogens (primary N) is 2. The van der Waals surface area contributed by atoms with Gasteiger partial charge in [0, 0.05) is 35.2 Å². The van der Waals surface area contributed by atoms with Gasteiger partial charge in [-0.05, 0) is 36.0 Å². The van der Waals surface area contributed by atoms with Crippen LogP contribution in [0.15, 0.2) is 60.8 Å². The van der Waals surface area contributed by atoms with E-state index in [1.165, 1.54) is 4.90 Å². The molecular formula is C28H30N6O3S. The number of hydrogen-bond acceptors (Lipinski definition) is 6. The van der Waals surface area contributed by atoms with Crippen LogP contribution in [0.1, 0.15) is 69.4 Å². The summed E-state index contributed by atoms with van der Waals surface area (Å²) >= 11 is 0.811. The number of nitrogens with one attached hydrogen (secondary N) is 2. The van der Waals surface area contributed by atoms with E-state index in [1.807, 2.05) is 54.6 Å². The third-order valence-electron chi connectivity index (χ3n) is 7.04. The van der Waals surface area contributed by atoms with Crippen LogP contribution in [0.5, 0.6) is 0 Å². The van der Waals surface area contributed by atoms with Gasteiger partial charge in [-0.2, -0.15) is 4.37 Å². The molecule has 1 aliphatic carbocycles. The monoisotopic (exact) mass is 530 g/mol. The van der Waals surface area contributed by atoms with E-state index in [0.29, 0.717) is 5.56 Å². The van der Waals surface area contributed by atoms with E-state index in [9.17, 15) is 14.4 Å². The molecule has 0 spiro atoms. The predicted molar refractivity (Wildman–Crippen MR) is 147 cm³/mol. The molecule has 9 nitrogen and oxygen atoms in total. The van der Waals surface area contributed by atoms with Crippen molar-refractivity contribution in [3.63, 3.8) is 0 Å². The number of aromatic amines is 1. The van der Waals surface area contributed by atoms with Gasteiger partial charge in [0.2, 0.25) is 5.91 Å². The Morgan fingerprint density at radius 2 is 1.76 bits per heavy atom. The van der Waals surface area contributed by atoms with Gasteiger partial charge in [0.15, 0.2) is 5.69 Å². The minimum absolute atomic E-state index is 0.0487. The van der Waals surface area contributed by atoms with Crippen molar-refractivity contribution in [1.82, 2.24) is 19.6 Å². The van der Waals surface area contributed by atoms with E-state index in [4.69, 9.17) is 11.5 Å². The van der Waals surface area contributed by atoms with Crippen LogP contribution in [-0.2, 0) is 11.3 Å². The van der Waals surface area contributed by atoms with Gasteiger partial charge in [-0.15, -0.1) is 0 Å². The lowest BCUT2D eigenvalue weighted by molar-refractivity contribution is -0.127. The van der Waals surface area contributed by atoms with E-state index in [2.05, 4.69) is 14.7 Å². The minimum Gasteiger partial charge on any atom is -0.395 e. The largest absolute Gasteiger partial charge is 0.395 e. The molecule has 10 heteroatoms. The Morgan fingerprint density at radius 1 is 1.05 bits per heavy atom. The molecular weight excluding hydrogens is 500 g/mol. The van der Waals surface area contributed by atoms with Gasteiger partial charge in [0.25, 0.3) is 11.8 Å². The highest BCUT2D eigenvalue weighted by Gasteiger charge is 2.37. The molecule has 4 aromatic rings.